The van der Waals surface area contributed by atoms with Crippen LogP contribution < -0.4 is 5.32 Å². The Kier molecular flexibility index (Phi) is 4.41. The summed E-state index contributed by atoms with van der Waals surface area (Å²) in [4.78, 5) is 26.3. The molecular weight excluding hydrogens is 292 g/mol. The van der Waals surface area contributed by atoms with Gasteiger partial charge in [0, 0.05) is 5.41 Å². The third-order valence-corrected chi connectivity index (χ3v) is 5.25. The molecule has 1 fully saturated rings. The van der Waals surface area contributed by atoms with Gasteiger partial charge < -0.3 is 10.2 Å². The minimum Gasteiger partial charge on any atom is -0.342 e. The number of rotatable bonds is 4. The molecule has 118 valence electrons. The summed E-state index contributed by atoms with van der Waals surface area (Å²) in [6, 6.07) is -1.69. The van der Waals surface area contributed by atoms with Crippen LogP contribution in [-0.4, -0.2) is 49.0 Å². The Hall–Kier alpha value is -1.37. The van der Waals surface area contributed by atoms with Gasteiger partial charge in [-0.05, 0) is 24.8 Å². The van der Waals surface area contributed by atoms with Crippen LogP contribution in [0.25, 0.3) is 0 Å². The van der Waals surface area contributed by atoms with Gasteiger partial charge in [0.2, 0.25) is 11.8 Å². The first-order chi connectivity index (χ1) is 9.75. The molecule has 1 N–H and O–H groups in total. The Morgan fingerprint density at radius 1 is 1.38 bits per heavy atom. The molecule has 0 aliphatic carbocycles. The van der Waals surface area contributed by atoms with Crippen LogP contribution in [0.5, 0.6) is 0 Å². The maximum atomic E-state index is 12.7. The molecule has 3 unspecified atom stereocenters. The molecule has 21 heavy (non-hydrogen) atoms. The molecular formula is C14H22N2O4S. The lowest BCUT2D eigenvalue weighted by molar-refractivity contribution is -0.151. The summed E-state index contributed by atoms with van der Waals surface area (Å²) in [6.07, 6.45) is 2.54. The zero-order valence-corrected chi connectivity index (χ0v) is 13.4. The highest BCUT2D eigenvalue weighted by atomic mass is 32.2. The summed E-state index contributed by atoms with van der Waals surface area (Å²) < 4.78 is 23.2. The molecule has 2 aliphatic rings. The zero-order chi connectivity index (χ0) is 15.8. The number of amides is 2. The van der Waals surface area contributed by atoms with E-state index < -0.39 is 28.0 Å². The lowest BCUT2D eigenvalue weighted by atomic mass is 9.96. The van der Waals surface area contributed by atoms with Crippen molar-refractivity contribution in [3.05, 3.63) is 11.5 Å². The van der Waals surface area contributed by atoms with Gasteiger partial charge in [-0.2, -0.15) is 0 Å². The van der Waals surface area contributed by atoms with E-state index in [4.69, 9.17) is 0 Å². The third kappa shape index (κ3) is 3.28. The van der Waals surface area contributed by atoms with Crippen molar-refractivity contribution in [2.24, 2.45) is 5.92 Å². The molecule has 2 heterocycles. The average Bonchev–Trinajstić information content (AvgIpc) is 2.72. The lowest BCUT2D eigenvalue weighted by Crippen LogP contribution is -2.65. The van der Waals surface area contributed by atoms with Gasteiger partial charge in [-0.25, -0.2) is 8.42 Å². The Bertz CT molecular complexity index is 568. The van der Waals surface area contributed by atoms with Crippen LogP contribution in [0.2, 0.25) is 0 Å². The number of nitrogens with one attached hydrogen (secondary N) is 1. The van der Waals surface area contributed by atoms with Crippen LogP contribution in [-0.2, 0) is 19.4 Å². The molecule has 0 aromatic carbocycles. The summed E-state index contributed by atoms with van der Waals surface area (Å²) >= 11 is 0. The molecule has 7 heteroatoms. The van der Waals surface area contributed by atoms with E-state index in [0.717, 1.165) is 5.41 Å². The minimum atomic E-state index is -3.26. The van der Waals surface area contributed by atoms with E-state index in [9.17, 15) is 18.0 Å². The molecule has 0 radical (unpaired) electrons. The SMILES string of the molecule is CCC1C(=O)NC(CC(C)C)C(=O)N1C1C=CS(=O)(=O)C1. The van der Waals surface area contributed by atoms with E-state index in [1.807, 2.05) is 20.8 Å². The predicted octanol–water partition coefficient (Wildman–Crippen LogP) is 0.449. The minimum absolute atomic E-state index is 0.128. The highest BCUT2D eigenvalue weighted by molar-refractivity contribution is 7.94. The molecule has 1 saturated heterocycles. The van der Waals surface area contributed by atoms with Gasteiger partial charge in [0.15, 0.2) is 9.84 Å². The molecule has 0 aromatic heterocycles. The number of hydrogen-bond acceptors (Lipinski definition) is 4. The molecule has 2 aliphatic heterocycles. The van der Waals surface area contributed by atoms with Crippen LogP contribution in [0.15, 0.2) is 11.5 Å². The molecule has 0 bridgehead atoms. The van der Waals surface area contributed by atoms with Crippen molar-refractivity contribution < 1.29 is 18.0 Å². The standard InChI is InChI=1S/C14H22N2O4S/c1-4-12-13(17)15-11(7-9(2)3)14(18)16(12)10-5-6-21(19,20)8-10/h5-6,9-12H,4,7-8H2,1-3H3,(H,15,17). The molecule has 0 spiro atoms. The second-order valence-corrected chi connectivity index (χ2v) is 8.02. The normalized spacial score (nSPS) is 31.8. The Balaban J connectivity index is 2.27. The van der Waals surface area contributed by atoms with Crippen molar-refractivity contribution >= 4 is 21.7 Å². The van der Waals surface area contributed by atoms with Gasteiger partial charge >= 0.3 is 0 Å². The van der Waals surface area contributed by atoms with Crippen molar-refractivity contribution in [2.75, 3.05) is 5.75 Å². The smallest absolute Gasteiger partial charge is 0.246 e. The van der Waals surface area contributed by atoms with Gasteiger partial charge in [0.25, 0.3) is 0 Å². The Labute approximate surface area is 125 Å². The van der Waals surface area contributed by atoms with Crippen molar-refractivity contribution in [1.29, 1.82) is 0 Å². The number of sulfone groups is 1. The molecule has 0 aromatic rings. The second kappa shape index (κ2) is 5.79. The summed E-state index contributed by atoms with van der Waals surface area (Å²) in [7, 11) is -3.26. The second-order valence-electron chi connectivity index (χ2n) is 6.09. The first kappa shape index (κ1) is 16.0. The van der Waals surface area contributed by atoms with E-state index in [2.05, 4.69) is 5.32 Å². The summed E-state index contributed by atoms with van der Waals surface area (Å²) in [5, 5.41) is 3.91. The monoisotopic (exact) mass is 314 g/mol. The maximum Gasteiger partial charge on any atom is 0.246 e. The van der Waals surface area contributed by atoms with E-state index in [1.165, 1.54) is 11.0 Å². The van der Waals surface area contributed by atoms with Crippen molar-refractivity contribution in [2.45, 2.75) is 51.7 Å². The van der Waals surface area contributed by atoms with Gasteiger partial charge in [-0.15, -0.1) is 0 Å². The van der Waals surface area contributed by atoms with Crippen LogP contribution in [0.1, 0.15) is 33.6 Å². The van der Waals surface area contributed by atoms with Gasteiger partial charge in [-0.1, -0.05) is 20.8 Å². The number of carbonyl (C=O) groups excluding carboxylic acids is 2. The van der Waals surface area contributed by atoms with Crippen LogP contribution in [0.3, 0.4) is 0 Å². The van der Waals surface area contributed by atoms with Gasteiger partial charge in [0.05, 0.1) is 11.8 Å². The fourth-order valence-electron chi connectivity index (χ4n) is 2.93. The highest BCUT2D eigenvalue weighted by Gasteiger charge is 2.44. The molecule has 3 atom stereocenters. The maximum absolute atomic E-state index is 12.7. The van der Waals surface area contributed by atoms with E-state index in [0.29, 0.717) is 12.8 Å². The largest absolute Gasteiger partial charge is 0.342 e. The summed E-state index contributed by atoms with van der Waals surface area (Å²) in [5.74, 6) is -0.235. The molecule has 0 saturated carbocycles. The summed E-state index contributed by atoms with van der Waals surface area (Å²) in [6.45, 7) is 5.78. The van der Waals surface area contributed by atoms with Crippen LogP contribution >= 0.6 is 0 Å². The lowest BCUT2D eigenvalue weighted by Gasteiger charge is -2.41. The van der Waals surface area contributed by atoms with E-state index in [-0.39, 0.29) is 23.5 Å². The quantitative estimate of drug-likeness (QED) is 0.816. The van der Waals surface area contributed by atoms with Crippen LogP contribution in [0, 0.1) is 5.92 Å². The Morgan fingerprint density at radius 2 is 2.05 bits per heavy atom. The van der Waals surface area contributed by atoms with Crippen molar-refractivity contribution in [3.63, 3.8) is 0 Å². The fraction of sp³-hybridized carbons (Fsp3) is 0.714. The number of nitrogens with zero attached hydrogens (tertiary/aromatic N) is 1. The predicted molar refractivity (Wildman–Crippen MR) is 79.0 cm³/mol. The molecule has 2 rings (SSSR count). The topological polar surface area (TPSA) is 83.6 Å². The zero-order valence-electron chi connectivity index (χ0n) is 12.6. The van der Waals surface area contributed by atoms with E-state index in [1.54, 1.807) is 0 Å². The van der Waals surface area contributed by atoms with Gasteiger partial charge in [0.1, 0.15) is 12.1 Å². The molecule has 6 nitrogen and oxygen atoms in total. The van der Waals surface area contributed by atoms with Crippen molar-refractivity contribution in [1.82, 2.24) is 10.2 Å². The van der Waals surface area contributed by atoms with Gasteiger partial charge in [-0.3, -0.25) is 9.59 Å². The Morgan fingerprint density at radius 3 is 2.52 bits per heavy atom. The third-order valence-electron chi connectivity index (χ3n) is 3.87. The number of hydrogen-bond donors (Lipinski definition) is 1. The highest BCUT2D eigenvalue weighted by Crippen LogP contribution is 2.24. The average molecular weight is 314 g/mol. The number of carbonyl (C=O) groups is 2. The summed E-state index contributed by atoms with van der Waals surface area (Å²) in [5.41, 5.74) is 0. The van der Waals surface area contributed by atoms with Crippen LogP contribution in [0.4, 0.5) is 0 Å². The first-order valence-electron chi connectivity index (χ1n) is 7.28. The molecule has 2 amide bonds. The first-order valence-corrected chi connectivity index (χ1v) is 9.00. The fourth-order valence-corrected chi connectivity index (χ4v) is 4.21. The number of piperazine rings is 1. The van der Waals surface area contributed by atoms with Crippen molar-refractivity contribution in [3.8, 4) is 0 Å². The van der Waals surface area contributed by atoms with E-state index >= 15 is 0 Å².